The Hall–Kier alpha value is -3.99. The van der Waals surface area contributed by atoms with Crippen molar-refractivity contribution in [2.75, 3.05) is 26.2 Å². The first-order chi connectivity index (χ1) is 17.9. The number of aryl methyl sites for hydroxylation is 2. The molecule has 3 heterocycles. The van der Waals surface area contributed by atoms with E-state index in [2.05, 4.69) is 20.4 Å². The first kappa shape index (κ1) is 24.7. The fraction of sp³-hybridized carbons (Fsp3) is 0.308. The number of halogens is 3. The number of hydrogen-bond donors (Lipinski definition) is 0. The van der Waals surface area contributed by atoms with E-state index in [4.69, 9.17) is 4.42 Å². The number of benzene rings is 2. The Balaban J connectivity index is 1.40. The molecule has 1 aliphatic heterocycles. The van der Waals surface area contributed by atoms with Gasteiger partial charge in [0.05, 0.1) is 17.9 Å². The second-order valence-electron chi connectivity index (χ2n) is 8.82. The molecule has 0 saturated carbocycles. The van der Waals surface area contributed by atoms with Crippen molar-refractivity contribution in [3.63, 3.8) is 0 Å². The highest BCUT2D eigenvalue weighted by atomic mass is 19.4. The van der Waals surface area contributed by atoms with Crippen molar-refractivity contribution in [1.82, 2.24) is 30.0 Å². The van der Waals surface area contributed by atoms with Gasteiger partial charge in [-0.05, 0) is 52.2 Å². The number of aromatic nitrogens is 4. The van der Waals surface area contributed by atoms with E-state index in [-0.39, 0.29) is 11.7 Å². The Morgan fingerprint density at radius 2 is 1.68 bits per heavy atom. The van der Waals surface area contributed by atoms with Gasteiger partial charge in [0.1, 0.15) is 0 Å². The van der Waals surface area contributed by atoms with Crippen LogP contribution >= 0.6 is 0 Å². The summed E-state index contributed by atoms with van der Waals surface area (Å²) < 4.78 is 46.6. The lowest BCUT2D eigenvalue weighted by molar-refractivity contribution is -0.137. The van der Waals surface area contributed by atoms with Crippen LogP contribution in [0.4, 0.5) is 13.2 Å². The van der Waals surface area contributed by atoms with Gasteiger partial charge in [-0.1, -0.05) is 42.5 Å². The molecule has 1 amide bonds. The minimum atomic E-state index is -4.43. The van der Waals surface area contributed by atoms with Crippen LogP contribution in [0.15, 0.2) is 77.4 Å². The Morgan fingerprint density at radius 1 is 0.946 bits per heavy atom. The molecule has 0 aliphatic carbocycles. The summed E-state index contributed by atoms with van der Waals surface area (Å²) in [6.07, 6.45) is -2.27. The van der Waals surface area contributed by atoms with Crippen molar-refractivity contribution in [2.45, 2.75) is 25.2 Å². The van der Waals surface area contributed by atoms with Crippen LogP contribution in [-0.2, 0) is 19.1 Å². The van der Waals surface area contributed by atoms with Crippen molar-refractivity contribution >= 4 is 5.91 Å². The first-order valence-electron chi connectivity index (χ1n) is 11.9. The van der Waals surface area contributed by atoms with Crippen LogP contribution in [-0.4, -0.2) is 62.1 Å². The van der Waals surface area contributed by atoms with Gasteiger partial charge in [-0.3, -0.25) is 9.69 Å². The average Bonchev–Trinajstić information content (AvgIpc) is 3.61. The SMILES string of the molecule is O=C(c1ccco1)N1CCN([C@@H](c2ccc(C(F)(F)F)cc2)c2nnnn2CCc2ccccc2)CC1. The third-order valence-corrected chi connectivity index (χ3v) is 6.51. The topological polar surface area (TPSA) is 80.3 Å². The smallest absolute Gasteiger partial charge is 0.416 e. The van der Waals surface area contributed by atoms with Crippen LogP contribution in [0.5, 0.6) is 0 Å². The third kappa shape index (κ3) is 5.56. The zero-order valence-corrected chi connectivity index (χ0v) is 19.9. The van der Waals surface area contributed by atoms with Crippen LogP contribution < -0.4 is 0 Å². The fourth-order valence-corrected chi connectivity index (χ4v) is 4.56. The minimum absolute atomic E-state index is 0.191. The number of tetrazole rings is 1. The molecule has 1 atom stereocenters. The van der Waals surface area contributed by atoms with Gasteiger partial charge in [0, 0.05) is 32.7 Å². The average molecular weight is 511 g/mol. The van der Waals surface area contributed by atoms with Crippen LogP contribution in [0.2, 0.25) is 0 Å². The van der Waals surface area contributed by atoms with Gasteiger partial charge in [0.15, 0.2) is 11.6 Å². The van der Waals surface area contributed by atoms with Crippen molar-refractivity contribution in [1.29, 1.82) is 0 Å². The van der Waals surface area contributed by atoms with Gasteiger partial charge in [0.25, 0.3) is 5.91 Å². The standard InChI is InChI=1S/C26H25F3N6O2/c27-26(28,29)21-10-8-20(9-11-21)23(24-30-31-32-35(24)13-12-19-5-2-1-3-6-19)33-14-16-34(17-15-33)25(36)22-7-4-18-37-22/h1-11,18,23H,12-17H2/t23-/m0/s1. The number of alkyl halides is 3. The van der Waals surface area contributed by atoms with Gasteiger partial charge in [-0.2, -0.15) is 13.2 Å². The molecular formula is C26H25F3N6O2. The Bertz CT molecular complexity index is 1300. The molecule has 192 valence electrons. The van der Waals surface area contributed by atoms with Crippen LogP contribution in [0, 0.1) is 0 Å². The molecule has 1 fully saturated rings. The minimum Gasteiger partial charge on any atom is -0.459 e. The Morgan fingerprint density at radius 3 is 2.32 bits per heavy atom. The molecule has 0 N–H and O–H groups in total. The summed E-state index contributed by atoms with van der Waals surface area (Å²) in [5, 5.41) is 12.4. The number of hydrogen-bond acceptors (Lipinski definition) is 6. The number of nitrogens with zero attached hydrogens (tertiary/aromatic N) is 6. The molecule has 11 heteroatoms. The van der Waals surface area contributed by atoms with E-state index >= 15 is 0 Å². The van der Waals surface area contributed by atoms with E-state index in [1.807, 2.05) is 30.3 Å². The number of rotatable bonds is 7. The van der Waals surface area contributed by atoms with Gasteiger partial charge in [-0.15, -0.1) is 5.10 Å². The molecule has 4 aromatic rings. The highest BCUT2D eigenvalue weighted by Crippen LogP contribution is 2.33. The van der Waals surface area contributed by atoms with Crippen molar-refractivity contribution in [2.24, 2.45) is 0 Å². The highest BCUT2D eigenvalue weighted by Gasteiger charge is 2.34. The van der Waals surface area contributed by atoms with E-state index in [0.717, 1.165) is 17.7 Å². The molecule has 8 nitrogen and oxygen atoms in total. The van der Waals surface area contributed by atoms with E-state index < -0.39 is 17.8 Å². The van der Waals surface area contributed by atoms with Gasteiger partial charge >= 0.3 is 6.18 Å². The summed E-state index contributed by atoms with van der Waals surface area (Å²) in [4.78, 5) is 16.5. The molecule has 1 aliphatic rings. The van der Waals surface area contributed by atoms with Gasteiger partial charge in [-0.25, -0.2) is 4.68 Å². The van der Waals surface area contributed by atoms with Crippen molar-refractivity contribution in [3.8, 4) is 0 Å². The number of carbonyl (C=O) groups is 1. The highest BCUT2D eigenvalue weighted by molar-refractivity contribution is 5.91. The quantitative estimate of drug-likeness (QED) is 0.373. The maximum Gasteiger partial charge on any atom is 0.416 e. The molecular weight excluding hydrogens is 485 g/mol. The second-order valence-corrected chi connectivity index (χ2v) is 8.82. The third-order valence-electron chi connectivity index (χ3n) is 6.51. The lowest BCUT2D eigenvalue weighted by Crippen LogP contribution is -2.50. The molecule has 2 aromatic carbocycles. The zero-order chi connectivity index (χ0) is 25.8. The number of piperazine rings is 1. The normalized spacial score (nSPS) is 15.6. The summed E-state index contributed by atoms with van der Waals surface area (Å²) in [5.74, 6) is 0.627. The zero-order valence-electron chi connectivity index (χ0n) is 19.9. The first-order valence-corrected chi connectivity index (χ1v) is 11.9. The maximum atomic E-state index is 13.2. The van der Waals surface area contributed by atoms with Crippen LogP contribution in [0.1, 0.15) is 39.1 Å². The molecule has 5 rings (SSSR count). The molecule has 2 aromatic heterocycles. The molecule has 37 heavy (non-hydrogen) atoms. The van der Waals surface area contributed by atoms with Crippen LogP contribution in [0.25, 0.3) is 0 Å². The fourth-order valence-electron chi connectivity index (χ4n) is 4.56. The van der Waals surface area contributed by atoms with Crippen LogP contribution in [0.3, 0.4) is 0 Å². The lowest BCUT2D eigenvalue weighted by Gasteiger charge is -2.38. The predicted molar refractivity (Wildman–Crippen MR) is 127 cm³/mol. The Kier molecular flexibility index (Phi) is 7.04. The lowest BCUT2D eigenvalue weighted by atomic mass is 10.0. The summed E-state index contributed by atoms with van der Waals surface area (Å²) in [6.45, 7) is 2.36. The van der Waals surface area contributed by atoms with E-state index in [9.17, 15) is 18.0 Å². The molecule has 0 spiro atoms. The summed E-state index contributed by atoms with van der Waals surface area (Å²) in [5.41, 5.74) is 1.06. The largest absolute Gasteiger partial charge is 0.459 e. The second kappa shape index (κ2) is 10.6. The number of carbonyl (C=O) groups excluding carboxylic acids is 1. The molecule has 1 saturated heterocycles. The predicted octanol–water partition coefficient (Wildman–Crippen LogP) is 4.08. The summed E-state index contributed by atoms with van der Waals surface area (Å²) in [6, 6.07) is 17.8. The van der Waals surface area contributed by atoms with Crippen molar-refractivity contribution in [3.05, 3.63) is 101 Å². The van der Waals surface area contributed by atoms with E-state index in [1.54, 1.807) is 21.7 Å². The van der Waals surface area contributed by atoms with Gasteiger partial charge < -0.3 is 9.32 Å². The number of amides is 1. The monoisotopic (exact) mass is 510 g/mol. The molecule has 0 unspecified atom stereocenters. The van der Waals surface area contributed by atoms with Gasteiger partial charge in [0.2, 0.25) is 0 Å². The van der Waals surface area contributed by atoms with Crippen molar-refractivity contribution < 1.29 is 22.4 Å². The Labute approximate surface area is 211 Å². The number of furan rings is 1. The van der Waals surface area contributed by atoms with E-state index in [0.29, 0.717) is 50.5 Å². The molecule has 0 bridgehead atoms. The summed E-state index contributed by atoms with van der Waals surface area (Å²) >= 11 is 0. The maximum absolute atomic E-state index is 13.2. The molecule has 0 radical (unpaired) electrons. The van der Waals surface area contributed by atoms with E-state index in [1.165, 1.54) is 18.4 Å². The summed E-state index contributed by atoms with van der Waals surface area (Å²) in [7, 11) is 0.